The van der Waals surface area contributed by atoms with E-state index in [4.69, 9.17) is 5.73 Å². The molecule has 2 nitrogen and oxygen atoms in total. The molecule has 0 aliphatic heterocycles. The van der Waals surface area contributed by atoms with Gasteiger partial charge < -0.3 is 5.73 Å². The Bertz CT molecular complexity index is 346. The Balaban J connectivity index is 2.73. The average Bonchev–Trinajstić information content (AvgIpc) is 2.24. The Morgan fingerprint density at radius 2 is 2.12 bits per heavy atom. The highest BCUT2D eigenvalue weighted by atomic mass is 16.1. The van der Waals surface area contributed by atoms with Crippen LogP contribution in [0.5, 0.6) is 0 Å². The molecular formula is C14H21NO. The van der Waals surface area contributed by atoms with Gasteiger partial charge in [0.05, 0.1) is 5.92 Å². The second kappa shape index (κ2) is 6.31. The van der Waals surface area contributed by atoms with Gasteiger partial charge in [-0.2, -0.15) is 0 Å². The Hall–Kier alpha value is -1.31. The minimum absolute atomic E-state index is 0.119. The van der Waals surface area contributed by atoms with Crippen molar-refractivity contribution in [3.63, 3.8) is 0 Å². The van der Waals surface area contributed by atoms with E-state index in [1.165, 1.54) is 12.0 Å². The second-order valence-corrected chi connectivity index (χ2v) is 4.36. The van der Waals surface area contributed by atoms with Crippen LogP contribution in [0, 0.1) is 6.92 Å². The first-order valence-electron chi connectivity index (χ1n) is 6.01. The molecule has 0 aliphatic rings. The number of hydrogen-bond acceptors (Lipinski definition) is 1. The summed E-state index contributed by atoms with van der Waals surface area (Å²) in [6.07, 6.45) is 4.26. The van der Waals surface area contributed by atoms with E-state index in [0.717, 1.165) is 24.8 Å². The minimum atomic E-state index is -0.207. The first-order chi connectivity index (χ1) is 7.65. The number of carbonyl (C=O) groups is 1. The number of unbranched alkanes of at least 4 members (excludes halogenated alkanes) is 2. The van der Waals surface area contributed by atoms with E-state index < -0.39 is 0 Å². The van der Waals surface area contributed by atoms with Crippen LogP contribution in [-0.2, 0) is 4.79 Å². The molecule has 0 spiro atoms. The van der Waals surface area contributed by atoms with Gasteiger partial charge in [-0.05, 0) is 18.9 Å². The van der Waals surface area contributed by atoms with Gasteiger partial charge in [0.15, 0.2) is 0 Å². The van der Waals surface area contributed by atoms with Gasteiger partial charge in [0.25, 0.3) is 0 Å². The lowest BCUT2D eigenvalue weighted by molar-refractivity contribution is -0.119. The maximum absolute atomic E-state index is 11.4. The van der Waals surface area contributed by atoms with Gasteiger partial charge in [0.1, 0.15) is 0 Å². The van der Waals surface area contributed by atoms with Gasteiger partial charge in [-0.3, -0.25) is 4.79 Å². The summed E-state index contributed by atoms with van der Waals surface area (Å²) in [4.78, 5) is 11.4. The number of primary amides is 1. The van der Waals surface area contributed by atoms with E-state index in [0.29, 0.717) is 0 Å². The summed E-state index contributed by atoms with van der Waals surface area (Å²) < 4.78 is 0. The largest absolute Gasteiger partial charge is 0.369 e. The smallest absolute Gasteiger partial charge is 0.224 e. The molecule has 1 atom stereocenters. The molecule has 0 saturated heterocycles. The molecule has 2 heteroatoms. The van der Waals surface area contributed by atoms with Crippen LogP contribution in [-0.4, -0.2) is 5.91 Å². The average molecular weight is 219 g/mol. The topological polar surface area (TPSA) is 43.1 Å². The molecule has 1 unspecified atom stereocenters. The molecule has 1 amide bonds. The van der Waals surface area contributed by atoms with Crippen molar-refractivity contribution in [2.45, 2.75) is 45.4 Å². The number of amides is 1. The zero-order chi connectivity index (χ0) is 12.0. The molecule has 0 aromatic heterocycles. The highest BCUT2D eigenvalue weighted by molar-refractivity contribution is 5.81. The van der Waals surface area contributed by atoms with E-state index in [2.05, 4.69) is 13.0 Å². The van der Waals surface area contributed by atoms with Gasteiger partial charge in [0, 0.05) is 0 Å². The first-order valence-corrected chi connectivity index (χ1v) is 6.01. The summed E-state index contributed by atoms with van der Waals surface area (Å²) in [6.45, 7) is 4.19. The fourth-order valence-electron chi connectivity index (χ4n) is 1.96. The van der Waals surface area contributed by atoms with E-state index >= 15 is 0 Å². The van der Waals surface area contributed by atoms with E-state index in [-0.39, 0.29) is 11.8 Å². The second-order valence-electron chi connectivity index (χ2n) is 4.36. The lowest BCUT2D eigenvalue weighted by Gasteiger charge is -2.14. The maximum atomic E-state index is 11.4. The molecule has 1 aromatic carbocycles. The Kier molecular flexibility index (Phi) is 5.03. The quantitative estimate of drug-likeness (QED) is 0.734. The van der Waals surface area contributed by atoms with Crippen LogP contribution in [0.25, 0.3) is 0 Å². The summed E-state index contributed by atoms with van der Waals surface area (Å²) in [5, 5.41) is 0. The lowest BCUT2D eigenvalue weighted by atomic mass is 9.92. The van der Waals surface area contributed by atoms with Crippen LogP contribution in [0.4, 0.5) is 0 Å². The summed E-state index contributed by atoms with van der Waals surface area (Å²) in [7, 11) is 0. The Morgan fingerprint density at radius 1 is 1.38 bits per heavy atom. The van der Waals surface area contributed by atoms with Gasteiger partial charge in [-0.25, -0.2) is 0 Å². The molecule has 0 heterocycles. The highest BCUT2D eigenvalue weighted by Crippen LogP contribution is 2.22. The monoisotopic (exact) mass is 219 g/mol. The van der Waals surface area contributed by atoms with Crippen LogP contribution in [0.1, 0.15) is 49.7 Å². The van der Waals surface area contributed by atoms with Gasteiger partial charge in [-0.15, -0.1) is 0 Å². The van der Waals surface area contributed by atoms with Gasteiger partial charge >= 0.3 is 0 Å². The van der Waals surface area contributed by atoms with Crippen molar-refractivity contribution in [2.75, 3.05) is 0 Å². The van der Waals surface area contributed by atoms with Crippen molar-refractivity contribution in [1.82, 2.24) is 0 Å². The van der Waals surface area contributed by atoms with Crippen LogP contribution in [0.15, 0.2) is 24.3 Å². The highest BCUT2D eigenvalue weighted by Gasteiger charge is 2.16. The number of carbonyl (C=O) groups excluding carboxylic acids is 1. The molecule has 0 fully saturated rings. The van der Waals surface area contributed by atoms with E-state index in [9.17, 15) is 4.79 Å². The molecule has 1 aromatic rings. The SMILES string of the molecule is CCCCCC(C(N)=O)c1cccc(C)c1. The molecular weight excluding hydrogens is 198 g/mol. The summed E-state index contributed by atoms with van der Waals surface area (Å²) in [5.74, 6) is -0.326. The normalized spacial score (nSPS) is 12.4. The molecule has 0 aliphatic carbocycles. The molecule has 0 bridgehead atoms. The molecule has 0 saturated carbocycles. The van der Waals surface area contributed by atoms with Crippen molar-refractivity contribution in [3.05, 3.63) is 35.4 Å². The van der Waals surface area contributed by atoms with E-state index in [1.807, 2.05) is 25.1 Å². The fourth-order valence-corrected chi connectivity index (χ4v) is 1.96. The number of nitrogens with two attached hydrogens (primary N) is 1. The van der Waals surface area contributed by atoms with Crippen molar-refractivity contribution >= 4 is 5.91 Å². The predicted octanol–water partition coefficient (Wildman–Crippen LogP) is 3.14. The van der Waals surface area contributed by atoms with Crippen molar-refractivity contribution in [3.8, 4) is 0 Å². The van der Waals surface area contributed by atoms with Crippen molar-refractivity contribution in [1.29, 1.82) is 0 Å². The molecule has 1 rings (SSSR count). The van der Waals surface area contributed by atoms with Crippen molar-refractivity contribution < 1.29 is 4.79 Å². The lowest BCUT2D eigenvalue weighted by Crippen LogP contribution is -2.21. The third-order valence-electron chi connectivity index (χ3n) is 2.88. The molecule has 2 N–H and O–H groups in total. The van der Waals surface area contributed by atoms with Crippen LogP contribution < -0.4 is 5.73 Å². The summed E-state index contributed by atoms with van der Waals surface area (Å²) in [5.41, 5.74) is 7.70. The van der Waals surface area contributed by atoms with Gasteiger partial charge in [-0.1, -0.05) is 56.0 Å². The zero-order valence-corrected chi connectivity index (χ0v) is 10.2. The third kappa shape index (κ3) is 3.69. The fraction of sp³-hybridized carbons (Fsp3) is 0.500. The molecule has 16 heavy (non-hydrogen) atoms. The first kappa shape index (κ1) is 12.8. The van der Waals surface area contributed by atoms with Crippen LogP contribution in [0.2, 0.25) is 0 Å². The summed E-state index contributed by atoms with van der Waals surface area (Å²) in [6, 6.07) is 8.07. The van der Waals surface area contributed by atoms with Crippen LogP contribution in [0.3, 0.4) is 0 Å². The van der Waals surface area contributed by atoms with Crippen molar-refractivity contribution in [2.24, 2.45) is 5.73 Å². The predicted molar refractivity (Wildman–Crippen MR) is 67.3 cm³/mol. The standard InChI is InChI=1S/C14H21NO/c1-3-4-5-9-13(14(15)16)12-8-6-7-11(2)10-12/h6-8,10,13H,3-5,9H2,1-2H3,(H2,15,16). The van der Waals surface area contributed by atoms with Gasteiger partial charge in [0.2, 0.25) is 5.91 Å². The Morgan fingerprint density at radius 3 is 2.69 bits per heavy atom. The number of hydrogen-bond donors (Lipinski definition) is 1. The Labute approximate surface area is 97.9 Å². The summed E-state index contributed by atoms with van der Waals surface area (Å²) >= 11 is 0. The number of rotatable bonds is 6. The third-order valence-corrected chi connectivity index (χ3v) is 2.88. The molecule has 0 radical (unpaired) electrons. The zero-order valence-electron chi connectivity index (χ0n) is 10.2. The maximum Gasteiger partial charge on any atom is 0.224 e. The number of aryl methyl sites for hydroxylation is 1. The molecule has 88 valence electrons. The van der Waals surface area contributed by atoms with Crippen LogP contribution >= 0.6 is 0 Å². The minimum Gasteiger partial charge on any atom is -0.369 e. The van der Waals surface area contributed by atoms with E-state index in [1.54, 1.807) is 0 Å². The number of benzene rings is 1.